The molecule has 3 aromatic rings. The number of hydrogen-bond acceptors (Lipinski definition) is 3. The Morgan fingerprint density at radius 3 is 2.46 bits per heavy atom. The zero-order valence-electron chi connectivity index (χ0n) is 22.3. The van der Waals surface area contributed by atoms with E-state index in [4.69, 9.17) is 0 Å². The fraction of sp³-hybridized carbons (Fsp3) is 0.242. The van der Waals surface area contributed by atoms with E-state index in [-0.39, 0.29) is 23.8 Å². The van der Waals surface area contributed by atoms with Gasteiger partial charge in [0.2, 0.25) is 0 Å². The van der Waals surface area contributed by atoms with E-state index in [2.05, 4.69) is 42.1 Å². The molecule has 5 nitrogen and oxygen atoms in total. The molecule has 6 rings (SSSR count). The van der Waals surface area contributed by atoms with Crippen molar-refractivity contribution in [2.75, 3.05) is 17.0 Å². The van der Waals surface area contributed by atoms with Crippen LogP contribution in [0.5, 0.6) is 0 Å². The van der Waals surface area contributed by atoms with E-state index < -0.39 is 0 Å². The third-order valence-electron chi connectivity index (χ3n) is 8.26. The maximum Gasteiger partial charge on any atom is 0.322 e. The molecule has 39 heavy (non-hydrogen) atoms. The van der Waals surface area contributed by atoms with Crippen LogP contribution in [0.1, 0.15) is 37.8 Å². The number of carbonyl (C=O) groups excluding carboxylic acids is 1. The average Bonchev–Trinajstić information content (AvgIpc) is 3.58. The number of hydrogen-bond donors (Lipinski definition) is 2. The summed E-state index contributed by atoms with van der Waals surface area (Å²) in [5.74, 6) is 0.376. The second-order valence-electron chi connectivity index (χ2n) is 10.6. The highest BCUT2D eigenvalue weighted by Crippen LogP contribution is 2.49. The topological polar surface area (TPSA) is 47.6 Å². The zero-order valence-corrected chi connectivity index (χ0v) is 22.3. The molecule has 3 atom stereocenters. The van der Waals surface area contributed by atoms with Crippen molar-refractivity contribution in [3.63, 3.8) is 0 Å². The number of fused-ring (bicyclic) bond motifs is 1. The van der Waals surface area contributed by atoms with Crippen LogP contribution in [0, 0.1) is 17.7 Å². The Kier molecular flexibility index (Phi) is 6.69. The lowest BCUT2D eigenvalue weighted by Crippen LogP contribution is -2.40. The number of para-hydroxylation sites is 1. The van der Waals surface area contributed by atoms with Crippen LogP contribution in [0.3, 0.4) is 0 Å². The maximum atomic E-state index is 13.5. The van der Waals surface area contributed by atoms with E-state index in [0.29, 0.717) is 5.92 Å². The number of benzene rings is 3. The fourth-order valence-corrected chi connectivity index (χ4v) is 6.22. The van der Waals surface area contributed by atoms with Gasteiger partial charge in [0, 0.05) is 30.4 Å². The van der Waals surface area contributed by atoms with Crippen molar-refractivity contribution in [2.24, 2.45) is 11.8 Å². The van der Waals surface area contributed by atoms with E-state index >= 15 is 0 Å². The second-order valence-corrected chi connectivity index (χ2v) is 10.6. The van der Waals surface area contributed by atoms with Gasteiger partial charge in [-0.05, 0) is 78.8 Å². The Labute approximate surface area is 229 Å². The molecule has 0 bridgehead atoms. The van der Waals surface area contributed by atoms with Gasteiger partial charge in [-0.2, -0.15) is 0 Å². The number of halogens is 1. The number of allylic oxidation sites excluding steroid dienone is 4. The molecule has 0 saturated carbocycles. The normalized spacial score (nSPS) is 20.4. The lowest BCUT2D eigenvalue weighted by Gasteiger charge is -2.32. The molecule has 0 fully saturated rings. The Bertz CT molecular complexity index is 1450. The Morgan fingerprint density at radius 1 is 1.05 bits per heavy atom. The van der Waals surface area contributed by atoms with Gasteiger partial charge in [0.15, 0.2) is 0 Å². The summed E-state index contributed by atoms with van der Waals surface area (Å²) in [5.41, 5.74) is 11.5. The minimum absolute atomic E-state index is 0.106. The molecule has 198 valence electrons. The molecule has 2 amide bonds. The van der Waals surface area contributed by atoms with Gasteiger partial charge >= 0.3 is 6.03 Å². The molecule has 2 N–H and O–H groups in total. The van der Waals surface area contributed by atoms with Crippen molar-refractivity contribution < 1.29 is 9.18 Å². The Balaban J connectivity index is 1.25. The van der Waals surface area contributed by atoms with Crippen molar-refractivity contribution in [1.29, 1.82) is 0 Å². The van der Waals surface area contributed by atoms with Crippen LogP contribution in [0.2, 0.25) is 0 Å². The zero-order chi connectivity index (χ0) is 26.9. The van der Waals surface area contributed by atoms with Crippen molar-refractivity contribution in [2.45, 2.75) is 32.2 Å². The largest absolute Gasteiger partial charge is 0.331 e. The molecule has 0 radical (unpaired) electrons. The van der Waals surface area contributed by atoms with Crippen molar-refractivity contribution in [3.05, 3.63) is 131 Å². The summed E-state index contributed by atoms with van der Waals surface area (Å²) in [7, 11) is 1.81. The number of nitrogens with one attached hydrogen (secondary N) is 2. The first-order chi connectivity index (χ1) is 19.0. The van der Waals surface area contributed by atoms with Crippen molar-refractivity contribution in [1.82, 2.24) is 10.7 Å². The molecule has 3 aliphatic rings. The summed E-state index contributed by atoms with van der Waals surface area (Å²) in [4.78, 5) is 15.0. The van der Waals surface area contributed by atoms with Crippen LogP contribution in [0.25, 0.3) is 0 Å². The molecular weight excluding hydrogens is 487 g/mol. The van der Waals surface area contributed by atoms with Crippen LogP contribution in [-0.4, -0.2) is 13.1 Å². The SMILES string of the molecule is C[C@H]1C2=CNN(c3ccc(F)cc3)C2=CC2=C1[C@@H](CC(NC(=O)N(C)c1ccccc1)c1ccccc1)CC2. The molecule has 3 aromatic carbocycles. The summed E-state index contributed by atoms with van der Waals surface area (Å²) in [6, 6.07) is 26.4. The summed E-state index contributed by atoms with van der Waals surface area (Å²) >= 11 is 0. The number of amides is 2. The van der Waals surface area contributed by atoms with Crippen LogP contribution in [-0.2, 0) is 0 Å². The predicted molar refractivity (Wildman–Crippen MR) is 154 cm³/mol. The van der Waals surface area contributed by atoms with Gasteiger partial charge in [-0.3, -0.25) is 9.91 Å². The highest BCUT2D eigenvalue weighted by molar-refractivity contribution is 5.91. The van der Waals surface area contributed by atoms with Crippen LogP contribution >= 0.6 is 0 Å². The molecule has 0 aromatic heterocycles. The van der Waals surface area contributed by atoms with Gasteiger partial charge in [0.25, 0.3) is 0 Å². The highest BCUT2D eigenvalue weighted by atomic mass is 19.1. The third kappa shape index (κ3) is 4.83. The molecule has 1 heterocycles. The Morgan fingerprint density at radius 2 is 1.74 bits per heavy atom. The second kappa shape index (κ2) is 10.4. The number of hydrazine groups is 1. The summed E-state index contributed by atoms with van der Waals surface area (Å²) < 4.78 is 13.5. The third-order valence-corrected chi connectivity index (χ3v) is 8.26. The fourth-order valence-electron chi connectivity index (χ4n) is 6.22. The van der Waals surface area contributed by atoms with E-state index in [1.807, 2.05) is 60.6 Å². The average molecular weight is 521 g/mol. The lowest BCUT2D eigenvalue weighted by atomic mass is 9.78. The van der Waals surface area contributed by atoms with Gasteiger partial charge in [-0.15, -0.1) is 0 Å². The first kappa shape index (κ1) is 25.0. The lowest BCUT2D eigenvalue weighted by molar-refractivity contribution is 0.241. The van der Waals surface area contributed by atoms with Gasteiger partial charge in [-0.1, -0.05) is 61.0 Å². The first-order valence-electron chi connectivity index (χ1n) is 13.6. The van der Waals surface area contributed by atoms with E-state index in [9.17, 15) is 9.18 Å². The summed E-state index contributed by atoms with van der Waals surface area (Å²) in [6.45, 7) is 2.28. The molecule has 0 saturated heterocycles. The van der Waals surface area contributed by atoms with Crippen LogP contribution in [0.4, 0.5) is 20.6 Å². The number of carbonyl (C=O) groups is 1. The van der Waals surface area contributed by atoms with E-state index in [1.165, 1.54) is 28.9 Å². The number of nitrogens with zero attached hydrogens (tertiary/aromatic N) is 2. The Hall–Kier alpha value is -4.32. The smallest absolute Gasteiger partial charge is 0.322 e. The number of urea groups is 1. The van der Waals surface area contributed by atoms with Gasteiger partial charge < -0.3 is 10.7 Å². The van der Waals surface area contributed by atoms with Crippen LogP contribution in [0.15, 0.2) is 120 Å². The minimum Gasteiger partial charge on any atom is -0.331 e. The summed E-state index contributed by atoms with van der Waals surface area (Å²) in [6.07, 6.45) is 7.28. The van der Waals surface area contributed by atoms with Crippen molar-refractivity contribution in [3.8, 4) is 0 Å². The molecule has 1 aliphatic heterocycles. The van der Waals surface area contributed by atoms with Gasteiger partial charge in [0.05, 0.1) is 17.4 Å². The standard InChI is InChI=1S/C33H33FN4O/c1-22-29-21-35-38(28-17-15-26(34)16-18-28)31(29)20-25-14-13-24(32(22)25)19-30(23-9-5-3-6-10-23)36-33(39)37(2)27-11-7-4-8-12-27/h3-12,15-18,20-22,24,30,35H,13-14,19H2,1-2H3,(H,36,39)/t22-,24+,30?/m0/s1. The maximum absolute atomic E-state index is 13.5. The van der Waals surface area contributed by atoms with Gasteiger partial charge in [0.1, 0.15) is 5.82 Å². The molecular formula is C33H33FN4O. The molecule has 6 heteroatoms. The minimum atomic E-state index is -0.240. The van der Waals surface area contributed by atoms with Crippen molar-refractivity contribution >= 4 is 17.4 Å². The molecule has 2 aliphatic carbocycles. The highest BCUT2D eigenvalue weighted by Gasteiger charge is 2.39. The quantitative estimate of drug-likeness (QED) is 0.360. The van der Waals surface area contributed by atoms with E-state index in [0.717, 1.165) is 41.9 Å². The monoisotopic (exact) mass is 520 g/mol. The van der Waals surface area contributed by atoms with E-state index in [1.54, 1.807) is 17.0 Å². The number of rotatable bonds is 6. The van der Waals surface area contributed by atoms with Gasteiger partial charge in [-0.25, -0.2) is 9.18 Å². The predicted octanol–water partition coefficient (Wildman–Crippen LogP) is 7.25. The first-order valence-corrected chi connectivity index (χ1v) is 13.6. The summed E-state index contributed by atoms with van der Waals surface area (Å²) in [5, 5.41) is 5.37. The number of anilines is 2. The molecule has 1 unspecified atom stereocenters. The van der Waals surface area contributed by atoms with Crippen LogP contribution < -0.4 is 20.7 Å². The molecule has 0 spiro atoms.